The third-order valence-corrected chi connectivity index (χ3v) is 5.33. The van der Waals surface area contributed by atoms with Crippen LogP contribution >= 0.6 is 0 Å². The summed E-state index contributed by atoms with van der Waals surface area (Å²) < 4.78 is 0. The van der Waals surface area contributed by atoms with Crippen LogP contribution in [0.25, 0.3) is 0 Å². The summed E-state index contributed by atoms with van der Waals surface area (Å²) in [7, 11) is 0. The molecule has 1 aliphatic heterocycles. The van der Waals surface area contributed by atoms with Crippen molar-refractivity contribution in [2.45, 2.75) is 39.5 Å². The lowest BCUT2D eigenvalue weighted by Crippen LogP contribution is -2.40. The van der Waals surface area contributed by atoms with Crippen LogP contribution in [0.5, 0.6) is 5.75 Å². The van der Waals surface area contributed by atoms with Crippen LogP contribution in [0.2, 0.25) is 0 Å². The van der Waals surface area contributed by atoms with Crippen LogP contribution < -0.4 is 0 Å². The molecule has 1 atom stereocenters. The van der Waals surface area contributed by atoms with Crippen LogP contribution in [0.3, 0.4) is 0 Å². The molecule has 0 bridgehead atoms. The summed E-state index contributed by atoms with van der Waals surface area (Å²) in [6, 6.07) is 13.7. The molecule has 0 saturated carbocycles. The number of benzene rings is 2. The maximum Gasteiger partial charge on any atom is 0.253 e. The molecule has 1 heterocycles. The average molecular weight is 337 g/mol. The molecule has 1 fully saturated rings. The molecule has 2 aromatic carbocycles. The number of hydrogen-bond acceptors (Lipinski definition) is 2. The van der Waals surface area contributed by atoms with Gasteiger partial charge in [0.1, 0.15) is 5.75 Å². The van der Waals surface area contributed by atoms with Crippen LogP contribution in [0.4, 0.5) is 0 Å². The predicted octanol–water partition coefficient (Wildman–Crippen LogP) is 4.49. The average Bonchev–Trinajstić information content (AvgIpc) is 2.63. The molecule has 1 aliphatic rings. The fourth-order valence-electron chi connectivity index (χ4n) is 3.71. The zero-order chi connectivity index (χ0) is 17.8. The maximum absolute atomic E-state index is 12.8. The summed E-state index contributed by atoms with van der Waals surface area (Å²) >= 11 is 0. The normalized spacial score (nSPS) is 17.5. The monoisotopic (exact) mass is 337 g/mol. The van der Waals surface area contributed by atoms with Gasteiger partial charge in [-0.1, -0.05) is 24.3 Å². The largest absolute Gasteiger partial charge is 0.508 e. The molecule has 0 radical (unpaired) electrons. The quantitative estimate of drug-likeness (QED) is 0.893. The van der Waals surface area contributed by atoms with Gasteiger partial charge in [-0.25, -0.2) is 0 Å². The molecule has 1 amide bonds. The molecule has 0 aliphatic carbocycles. The minimum Gasteiger partial charge on any atom is -0.508 e. The van der Waals surface area contributed by atoms with E-state index in [0.717, 1.165) is 37.9 Å². The summed E-state index contributed by atoms with van der Waals surface area (Å²) in [5.74, 6) is 0.894. The van der Waals surface area contributed by atoms with E-state index in [2.05, 4.69) is 31.2 Å². The highest BCUT2D eigenvalue weighted by Gasteiger charge is 2.24. The lowest BCUT2D eigenvalue weighted by atomic mass is 9.90. The molecule has 2 aromatic rings. The molecular weight excluding hydrogens is 310 g/mol. The lowest BCUT2D eigenvalue weighted by molar-refractivity contribution is 0.0668. The molecular formula is C22H27NO2. The number of carbonyl (C=O) groups is 1. The molecule has 1 N–H and O–H groups in total. The highest BCUT2D eigenvalue weighted by molar-refractivity contribution is 5.94. The fraction of sp³-hybridized carbons (Fsp3) is 0.409. The Morgan fingerprint density at radius 3 is 2.72 bits per heavy atom. The topological polar surface area (TPSA) is 40.5 Å². The van der Waals surface area contributed by atoms with E-state index in [-0.39, 0.29) is 11.7 Å². The summed E-state index contributed by atoms with van der Waals surface area (Å²) in [4.78, 5) is 14.8. The number of nitrogens with zero attached hydrogens (tertiary/aromatic N) is 1. The fourth-order valence-corrected chi connectivity index (χ4v) is 3.71. The second-order valence-electron chi connectivity index (χ2n) is 7.23. The van der Waals surface area contributed by atoms with Crippen molar-refractivity contribution in [3.63, 3.8) is 0 Å². The van der Waals surface area contributed by atoms with E-state index in [1.165, 1.54) is 17.5 Å². The van der Waals surface area contributed by atoms with Crippen LogP contribution in [0.15, 0.2) is 42.5 Å². The van der Waals surface area contributed by atoms with Crippen LogP contribution in [-0.4, -0.2) is 29.0 Å². The van der Waals surface area contributed by atoms with Gasteiger partial charge in [0.25, 0.3) is 5.91 Å². The number of phenolic OH excluding ortho intramolecular Hbond substituents is 1. The summed E-state index contributed by atoms with van der Waals surface area (Å²) in [6.45, 7) is 5.66. The number of aromatic hydroxyl groups is 1. The number of aryl methyl sites for hydroxylation is 3. The van der Waals surface area contributed by atoms with Gasteiger partial charge in [0.2, 0.25) is 0 Å². The van der Waals surface area contributed by atoms with Gasteiger partial charge in [0.15, 0.2) is 0 Å². The first-order chi connectivity index (χ1) is 12.0. The van der Waals surface area contributed by atoms with E-state index in [0.29, 0.717) is 11.5 Å². The molecule has 3 nitrogen and oxygen atoms in total. The van der Waals surface area contributed by atoms with Crippen molar-refractivity contribution in [2.24, 2.45) is 5.92 Å². The van der Waals surface area contributed by atoms with Gasteiger partial charge in [-0.15, -0.1) is 0 Å². The zero-order valence-electron chi connectivity index (χ0n) is 15.2. The SMILES string of the molecule is Cc1cc(C(=O)N2CCCC(CCc3ccccc3C)C2)ccc1O. The first-order valence-corrected chi connectivity index (χ1v) is 9.18. The zero-order valence-corrected chi connectivity index (χ0v) is 15.2. The lowest BCUT2D eigenvalue weighted by Gasteiger charge is -2.33. The van der Waals surface area contributed by atoms with Crippen LogP contribution in [0, 0.1) is 19.8 Å². The van der Waals surface area contributed by atoms with Crippen molar-refractivity contribution < 1.29 is 9.90 Å². The molecule has 1 unspecified atom stereocenters. The van der Waals surface area contributed by atoms with E-state index in [4.69, 9.17) is 0 Å². The summed E-state index contributed by atoms with van der Waals surface area (Å²) in [6.07, 6.45) is 4.48. The third-order valence-electron chi connectivity index (χ3n) is 5.33. The summed E-state index contributed by atoms with van der Waals surface area (Å²) in [5, 5.41) is 9.65. The minimum atomic E-state index is 0.0868. The smallest absolute Gasteiger partial charge is 0.253 e. The molecule has 1 saturated heterocycles. The van der Waals surface area contributed by atoms with Crippen molar-refractivity contribution >= 4 is 5.91 Å². The van der Waals surface area contributed by atoms with E-state index in [9.17, 15) is 9.90 Å². The van der Waals surface area contributed by atoms with Crippen molar-refractivity contribution in [2.75, 3.05) is 13.1 Å². The van der Waals surface area contributed by atoms with Crippen molar-refractivity contribution in [3.05, 3.63) is 64.7 Å². The first-order valence-electron chi connectivity index (χ1n) is 9.18. The Morgan fingerprint density at radius 2 is 1.96 bits per heavy atom. The Kier molecular flexibility index (Phi) is 5.42. The van der Waals surface area contributed by atoms with Gasteiger partial charge in [0, 0.05) is 18.7 Å². The highest BCUT2D eigenvalue weighted by Crippen LogP contribution is 2.25. The number of hydrogen-bond donors (Lipinski definition) is 1. The predicted molar refractivity (Wildman–Crippen MR) is 101 cm³/mol. The Hall–Kier alpha value is -2.29. The van der Waals surface area contributed by atoms with Crippen LogP contribution in [-0.2, 0) is 6.42 Å². The van der Waals surface area contributed by atoms with E-state index >= 15 is 0 Å². The van der Waals surface area contributed by atoms with Crippen molar-refractivity contribution in [1.29, 1.82) is 0 Å². The molecule has 3 heteroatoms. The minimum absolute atomic E-state index is 0.0868. The van der Waals surface area contributed by atoms with Crippen LogP contribution in [0.1, 0.15) is 46.3 Å². The summed E-state index contributed by atoms with van der Waals surface area (Å²) in [5.41, 5.74) is 4.19. The number of rotatable bonds is 4. The number of phenols is 1. The standard InChI is InChI=1S/C22H27NO2/c1-16-6-3-4-8-19(16)10-9-18-7-5-13-23(15-18)22(25)20-11-12-21(24)17(2)14-20/h3-4,6,8,11-12,14,18,24H,5,7,9-10,13,15H2,1-2H3. The Balaban J connectivity index is 1.61. The van der Waals surface area contributed by atoms with Crippen molar-refractivity contribution in [3.8, 4) is 5.75 Å². The molecule has 25 heavy (non-hydrogen) atoms. The highest BCUT2D eigenvalue weighted by atomic mass is 16.3. The molecule has 0 spiro atoms. The van der Waals surface area contributed by atoms with Gasteiger partial charge in [-0.3, -0.25) is 4.79 Å². The van der Waals surface area contributed by atoms with Gasteiger partial charge in [0.05, 0.1) is 0 Å². The Morgan fingerprint density at radius 1 is 1.16 bits per heavy atom. The Labute approximate surface area is 150 Å². The number of amides is 1. The second kappa shape index (κ2) is 7.73. The van der Waals surface area contributed by atoms with Gasteiger partial charge in [-0.05, 0) is 80.3 Å². The first kappa shape index (κ1) is 17.5. The van der Waals surface area contributed by atoms with Gasteiger partial charge >= 0.3 is 0 Å². The molecule has 0 aromatic heterocycles. The maximum atomic E-state index is 12.8. The van der Waals surface area contributed by atoms with Crippen molar-refractivity contribution in [1.82, 2.24) is 4.90 Å². The molecule has 132 valence electrons. The number of piperidine rings is 1. The number of carbonyl (C=O) groups excluding carboxylic acids is 1. The van der Waals surface area contributed by atoms with E-state index in [1.807, 2.05) is 11.8 Å². The molecule has 3 rings (SSSR count). The number of likely N-dealkylation sites (tertiary alicyclic amines) is 1. The van der Waals surface area contributed by atoms with Gasteiger partial charge < -0.3 is 10.0 Å². The van der Waals surface area contributed by atoms with E-state index in [1.54, 1.807) is 18.2 Å². The second-order valence-corrected chi connectivity index (χ2v) is 7.23. The van der Waals surface area contributed by atoms with Gasteiger partial charge in [-0.2, -0.15) is 0 Å². The van der Waals surface area contributed by atoms with E-state index < -0.39 is 0 Å². The Bertz CT molecular complexity index is 753. The third kappa shape index (κ3) is 4.22.